The Kier molecular flexibility index (Phi) is 7.10. The number of nitrogens with one attached hydrogen (secondary N) is 1. The summed E-state index contributed by atoms with van der Waals surface area (Å²) in [7, 11) is 0. The van der Waals surface area contributed by atoms with Crippen LogP contribution in [0.3, 0.4) is 0 Å². The van der Waals surface area contributed by atoms with E-state index in [9.17, 15) is 14.4 Å². The predicted octanol–water partition coefficient (Wildman–Crippen LogP) is 4.35. The highest BCUT2D eigenvalue weighted by atomic mass is 16.5. The van der Waals surface area contributed by atoms with Crippen molar-refractivity contribution >= 4 is 29.2 Å². The van der Waals surface area contributed by atoms with Crippen molar-refractivity contribution in [3.05, 3.63) is 59.2 Å². The summed E-state index contributed by atoms with van der Waals surface area (Å²) in [6.07, 6.45) is 1.05. The fourth-order valence-corrected chi connectivity index (χ4v) is 3.97. The van der Waals surface area contributed by atoms with E-state index in [1.54, 1.807) is 4.90 Å². The van der Waals surface area contributed by atoms with Crippen molar-refractivity contribution in [2.24, 2.45) is 5.92 Å². The molecule has 6 nitrogen and oxygen atoms in total. The van der Waals surface area contributed by atoms with Crippen LogP contribution in [0.1, 0.15) is 49.3 Å². The van der Waals surface area contributed by atoms with E-state index >= 15 is 0 Å². The summed E-state index contributed by atoms with van der Waals surface area (Å²) < 4.78 is 5.22. The molecule has 1 N–H and O–H groups in total. The first kappa shape index (κ1) is 22.5. The van der Waals surface area contributed by atoms with Crippen molar-refractivity contribution in [1.29, 1.82) is 0 Å². The van der Waals surface area contributed by atoms with E-state index in [2.05, 4.69) is 19.2 Å². The Morgan fingerprint density at radius 3 is 2.52 bits per heavy atom. The number of carbonyl (C=O) groups is 3. The van der Waals surface area contributed by atoms with Gasteiger partial charge in [-0.05, 0) is 61.1 Å². The van der Waals surface area contributed by atoms with Gasteiger partial charge in [0.1, 0.15) is 0 Å². The molecule has 1 heterocycles. The Labute approximate surface area is 183 Å². The molecule has 2 aromatic rings. The van der Waals surface area contributed by atoms with E-state index in [1.807, 2.05) is 56.3 Å². The van der Waals surface area contributed by atoms with E-state index in [0.29, 0.717) is 11.6 Å². The number of hydrogen-bond acceptors (Lipinski definition) is 4. The van der Waals surface area contributed by atoms with Gasteiger partial charge in [-0.15, -0.1) is 0 Å². The van der Waals surface area contributed by atoms with Crippen molar-refractivity contribution < 1.29 is 19.1 Å². The maximum absolute atomic E-state index is 12.6. The Hall–Kier alpha value is -3.15. The molecular formula is C25H30N2O4. The van der Waals surface area contributed by atoms with Crippen molar-refractivity contribution in [1.82, 2.24) is 0 Å². The lowest BCUT2D eigenvalue weighted by Crippen LogP contribution is -2.29. The van der Waals surface area contributed by atoms with Crippen LogP contribution >= 0.6 is 0 Å². The third-order valence-electron chi connectivity index (χ3n) is 5.68. The van der Waals surface area contributed by atoms with Crippen LogP contribution in [0, 0.1) is 19.8 Å². The number of nitrogens with zero attached hydrogens (tertiary/aromatic N) is 1. The van der Waals surface area contributed by atoms with Crippen LogP contribution in [-0.4, -0.2) is 30.9 Å². The molecule has 0 aliphatic carbocycles. The summed E-state index contributed by atoms with van der Waals surface area (Å²) in [6, 6.07) is 13.5. The molecule has 164 valence electrons. The molecule has 1 aliphatic rings. The van der Waals surface area contributed by atoms with Gasteiger partial charge in [0.2, 0.25) is 5.91 Å². The largest absolute Gasteiger partial charge is 0.455 e. The van der Waals surface area contributed by atoms with Crippen LogP contribution < -0.4 is 10.2 Å². The van der Waals surface area contributed by atoms with Gasteiger partial charge in [0.25, 0.3) is 5.91 Å². The number of rotatable bonds is 7. The van der Waals surface area contributed by atoms with Gasteiger partial charge in [-0.25, -0.2) is 0 Å². The van der Waals surface area contributed by atoms with E-state index in [1.165, 1.54) is 0 Å². The number of carbonyl (C=O) groups excluding carboxylic acids is 3. The van der Waals surface area contributed by atoms with Crippen LogP contribution in [0.5, 0.6) is 0 Å². The maximum Gasteiger partial charge on any atom is 0.311 e. The summed E-state index contributed by atoms with van der Waals surface area (Å²) in [6.45, 7) is 8.02. The monoisotopic (exact) mass is 422 g/mol. The second-order valence-corrected chi connectivity index (χ2v) is 8.31. The number of aryl methyl sites for hydroxylation is 2. The zero-order chi connectivity index (χ0) is 22.5. The van der Waals surface area contributed by atoms with Gasteiger partial charge in [0.05, 0.1) is 5.92 Å². The van der Waals surface area contributed by atoms with Crippen LogP contribution in [0.25, 0.3) is 0 Å². The average Bonchev–Trinajstić information content (AvgIpc) is 3.12. The molecule has 1 saturated heterocycles. The highest BCUT2D eigenvalue weighted by Crippen LogP contribution is 2.33. The summed E-state index contributed by atoms with van der Waals surface area (Å²) in [4.78, 5) is 39.0. The van der Waals surface area contributed by atoms with Crippen LogP contribution in [-0.2, 0) is 19.1 Å². The van der Waals surface area contributed by atoms with Crippen molar-refractivity contribution in [2.45, 2.75) is 46.5 Å². The molecule has 2 aromatic carbocycles. The molecule has 0 aromatic heterocycles. The molecule has 2 atom stereocenters. The van der Waals surface area contributed by atoms with Crippen molar-refractivity contribution in [3.63, 3.8) is 0 Å². The Morgan fingerprint density at radius 1 is 1.16 bits per heavy atom. The van der Waals surface area contributed by atoms with Crippen LogP contribution in [0.2, 0.25) is 0 Å². The lowest BCUT2D eigenvalue weighted by atomic mass is 9.96. The number of amides is 2. The zero-order valence-corrected chi connectivity index (χ0v) is 18.6. The first-order valence-electron chi connectivity index (χ1n) is 10.7. The molecule has 1 fully saturated rings. The van der Waals surface area contributed by atoms with E-state index in [-0.39, 0.29) is 25.5 Å². The smallest absolute Gasteiger partial charge is 0.311 e. The minimum Gasteiger partial charge on any atom is -0.455 e. The number of benzene rings is 2. The molecule has 1 aliphatic heterocycles. The number of para-hydroxylation sites is 1. The summed E-state index contributed by atoms with van der Waals surface area (Å²) in [5, 5.41) is 2.75. The fraction of sp³-hybridized carbons (Fsp3) is 0.400. The van der Waals surface area contributed by atoms with Gasteiger partial charge in [-0.1, -0.05) is 38.1 Å². The summed E-state index contributed by atoms with van der Waals surface area (Å²) in [5.41, 5.74) is 4.69. The number of esters is 1. The maximum atomic E-state index is 12.6. The van der Waals surface area contributed by atoms with Crippen LogP contribution in [0.4, 0.5) is 11.4 Å². The van der Waals surface area contributed by atoms with Gasteiger partial charge < -0.3 is 15.0 Å². The van der Waals surface area contributed by atoms with E-state index in [0.717, 1.165) is 28.8 Å². The first-order chi connectivity index (χ1) is 14.8. The van der Waals surface area contributed by atoms with E-state index in [4.69, 9.17) is 4.74 Å². The highest BCUT2D eigenvalue weighted by Gasteiger charge is 2.37. The third kappa shape index (κ3) is 5.51. The van der Waals surface area contributed by atoms with Gasteiger partial charge in [-0.2, -0.15) is 0 Å². The van der Waals surface area contributed by atoms with Gasteiger partial charge in [0, 0.05) is 24.3 Å². The van der Waals surface area contributed by atoms with E-state index < -0.39 is 17.8 Å². The fourth-order valence-electron chi connectivity index (χ4n) is 3.97. The Balaban J connectivity index is 1.59. The van der Waals surface area contributed by atoms with Gasteiger partial charge in [-0.3, -0.25) is 14.4 Å². The highest BCUT2D eigenvalue weighted by molar-refractivity contribution is 6.00. The second kappa shape index (κ2) is 9.77. The molecule has 6 heteroatoms. The van der Waals surface area contributed by atoms with Crippen molar-refractivity contribution in [3.8, 4) is 0 Å². The topological polar surface area (TPSA) is 75.7 Å². The normalized spacial score (nSPS) is 16.8. The van der Waals surface area contributed by atoms with Crippen LogP contribution in [0.15, 0.2) is 42.5 Å². The van der Waals surface area contributed by atoms with Gasteiger partial charge in [0.15, 0.2) is 6.61 Å². The molecule has 31 heavy (non-hydrogen) atoms. The molecule has 0 spiro atoms. The zero-order valence-electron chi connectivity index (χ0n) is 18.6. The number of anilines is 2. The number of hydrogen-bond donors (Lipinski definition) is 1. The third-order valence-corrected chi connectivity index (χ3v) is 5.68. The molecule has 0 unspecified atom stereocenters. The lowest BCUT2D eigenvalue weighted by Gasteiger charge is -2.23. The minimum absolute atomic E-state index is 0.0897. The average molecular weight is 423 g/mol. The molecular weight excluding hydrogens is 392 g/mol. The minimum atomic E-state index is -0.577. The second-order valence-electron chi connectivity index (χ2n) is 8.31. The molecule has 0 bridgehead atoms. The predicted molar refractivity (Wildman–Crippen MR) is 121 cm³/mol. The summed E-state index contributed by atoms with van der Waals surface area (Å²) >= 11 is 0. The molecule has 2 amide bonds. The standard InChI is InChI=1S/C25H30N2O4/c1-5-18(4)21-8-6-7-9-22(21)27-14-19(13-24(27)29)25(30)31-15-23(28)26-20-11-16(2)10-17(3)12-20/h6-12,18-19H,5,13-15H2,1-4H3,(H,26,28)/t18-,19-/m0/s1. The Morgan fingerprint density at radius 2 is 1.84 bits per heavy atom. The molecule has 0 saturated carbocycles. The van der Waals surface area contributed by atoms with Crippen molar-refractivity contribution in [2.75, 3.05) is 23.4 Å². The molecule has 3 rings (SSSR count). The SMILES string of the molecule is CC[C@H](C)c1ccccc1N1C[C@@H](C(=O)OCC(=O)Nc2cc(C)cc(C)c2)CC1=O. The Bertz CT molecular complexity index is 965. The van der Waals surface area contributed by atoms with Gasteiger partial charge >= 0.3 is 5.97 Å². The first-order valence-corrected chi connectivity index (χ1v) is 10.7. The number of ether oxygens (including phenoxy) is 1. The summed E-state index contributed by atoms with van der Waals surface area (Å²) in [5.74, 6) is -1.29. The lowest BCUT2D eigenvalue weighted by molar-refractivity contribution is -0.151. The quantitative estimate of drug-likeness (QED) is 0.673. The molecule has 0 radical (unpaired) electrons.